The molecular formula is C30H40F2N4O3. The predicted octanol–water partition coefficient (Wildman–Crippen LogP) is 5.21. The molecule has 2 aromatic rings. The first-order chi connectivity index (χ1) is 18.5. The number of benzene rings is 1. The van der Waals surface area contributed by atoms with E-state index >= 15 is 0 Å². The van der Waals surface area contributed by atoms with Crippen LogP contribution in [0.3, 0.4) is 0 Å². The van der Waals surface area contributed by atoms with Gasteiger partial charge in [0, 0.05) is 36.2 Å². The van der Waals surface area contributed by atoms with E-state index in [0.717, 1.165) is 37.7 Å². The Morgan fingerprint density at radius 2 is 1.79 bits per heavy atom. The molecule has 2 fully saturated rings. The first-order valence-electron chi connectivity index (χ1n) is 13.8. The average Bonchev–Trinajstić information content (AvgIpc) is 3.26. The second kappa shape index (κ2) is 12.5. The Hall–Kier alpha value is -2.91. The number of amides is 2. The van der Waals surface area contributed by atoms with E-state index in [1.165, 1.54) is 4.90 Å². The Bertz CT molecular complexity index is 1100. The van der Waals surface area contributed by atoms with Crippen molar-refractivity contribution in [3.8, 4) is 0 Å². The van der Waals surface area contributed by atoms with Crippen LogP contribution in [0.5, 0.6) is 0 Å². The van der Waals surface area contributed by atoms with Gasteiger partial charge < -0.3 is 10.1 Å². The van der Waals surface area contributed by atoms with Crippen LogP contribution in [0.2, 0.25) is 0 Å². The number of hydrogen-bond donors (Lipinski definition) is 1. The molecule has 0 radical (unpaired) electrons. The lowest BCUT2D eigenvalue weighted by Crippen LogP contribution is -2.51. The summed E-state index contributed by atoms with van der Waals surface area (Å²) in [6, 6.07) is 9.54. The number of rotatable bonds is 8. The van der Waals surface area contributed by atoms with Gasteiger partial charge in [0.2, 0.25) is 11.8 Å². The number of carbonyl (C=O) groups excluding carboxylic acids is 2. The summed E-state index contributed by atoms with van der Waals surface area (Å²) in [5.41, 5.74) is 2.14. The fourth-order valence-corrected chi connectivity index (χ4v) is 5.65. The molecule has 2 aliphatic rings. The third-order valence-electron chi connectivity index (χ3n) is 7.80. The van der Waals surface area contributed by atoms with Crippen LogP contribution in [0, 0.1) is 0 Å². The molecule has 4 rings (SSSR count). The monoisotopic (exact) mass is 542 g/mol. The molecule has 3 atom stereocenters. The Morgan fingerprint density at radius 3 is 2.38 bits per heavy atom. The highest BCUT2D eigenvalue weighted by Gasteiger charge is 2.43. The number of likely N-dealkylation sites (tertiary alicyclic amines) is 1. The highest BCUT2D eigenvalue weighted by atomic mass is 19.3. The van der Waals surface area contributed by atoms with Crippen LogP contribution in [-0.4, -0.2) is 60.1 Å². The molecule has 1 saturated carbocycles. The van der Waals surface area contributed by atoms with E-state index in [1.54, 1.807) is 36.5 Å². The van der Waals surface area contributed by atoms with E-state index in [4.69, 9.17) is 4.74 Å². The molecule has 3 unspecified atom stereocenters. The number of hydrogen-bond acceptors (Lipinski definition) is 5. The fourth-order valence-electron chi connectivity index (χ4n) is 5.65. The summed E-state index contributed by atoms with van der Waals surface area (Å²) < 4.78 is 30.7. The standard InChI is InChI=1S/C30H40F2N4O3/c1-30(2,3)21-12-14-23(15-13-21)36(28(38)25-17-24(19-35(25)4)39-29(31)32)26(20-9-8-16-33-18-20)27(37)34-22-10-6-5-7-11-22/h8-9,12-16,18,22,24-26,29H,5-7,10-11,17,19H2,1-4H3,(H,34,37). The lowest BCUT2D eigenvalue weighted by molar-refractivity contribution is -0.158. The molecule has 1 saturated heterocycles. The van der Waals surface area contributed by atoms with Crippen molar-refractivity contribution in [3.05, 3.63) is 59.9 Å². The molecule has 1 aromatic heterocycles. The molecule has 0 spiro atoms. The zero-order chi connectivity index (χ0) is 28.2. The third kappa shape index (κ3) is 7.19. The van der Waals surface area contributed by atoms with E-state index in [1.807, 2.05) is 24.3 Å². The van der Waals surface area contributed by atoms with E-state index in [2.05, 4.69) is 31.1 Å². The van der Waals surface area contributed by atoms with Gasteiger partial charge in [0.1, 0.15) is 6.04 Å². The minimum atomic E-state index is -2.91. The molecule has 2 amide bonds. The topological polar surface area (TPSA) is 74.8 Å². The smallest absolute Gasteiger partial charge is 0.345 e. The maximum absolute atomic E-state index is 14.3. The number of nitrogens with one attached hydrogen (secondary N) is 1. The minimum absolute atomic E-state index is 0.0450. The molecule has 39 heavy (non-hydrogen) atoms. The zero-order valence-corrected chi connectivity index (χ0v) is 23.3. The number of likely N-dealkylation sites (N-methyl/N-ethyl adjacent to an activating group) is 1. The van der Waals surface area contributed by atoms with Crippen LogP contribution in [-0.2, 0) is 19.7 Å². The van der Waals surface area contributed by atoms with Crippen LogP contribution in [0.15, 0.2) is 48.8 Å². The van der Waals surface area contributed by atoms with Crippen LogP contribution < -0.4 is 10.2 Å². The van der Waals surface area contributed by atoms with E-state index in [9.17, 15) is 18.4 Å². The zero-order valence-electron chi connectivity index (χ0n) is 23.3. The largest absolute Gasteiger partial charge is 0.351 e. The lowest BCUT2D eigenvalue weighted by atomic mass is 9.87. The average molecular weight is 543 g/mol. The number of alkyl halides is 2. The van der Waals surface area contributed by atoms with E-state index in [-0.39, 0.29) is 36.2 Å². The molecule has 0 bridgehead atoms. The molecule has 1 aliphatic carbocycles. The Balaban J connectivity index is 1.74. The van der Waals surface area contributed by atoms with Gasteiger partial charge in [0.25, 0.3) is 0 Å². The molecule has 7 nitrogen and oxygen atoms in total. The van der Waals surface area contributed by atoms with Gasteiger partial charge in [0.05, 0.1) is 12.1 Å². The van der Waals surface area contributed by atoms with Gasteiger partial charge in [-0.2, -0.15) is 8.78 Å². The van der Waals surface area contributed by atoms with Crippen molar-refractivity contribution < 1.29 is 23.1 Å². The summed E-state index contributed by atoms with van der Waals surface area (Å²) >= 11 is 0. The van der Waals surface area contributed by atoms with Gasteiger partial charge in [-0.1, -0.05) is 58.2 Å². The first kappa shape index (κ1) is 29.1. The van der Waals surface area contributed by atoms with Crippen LogP contribution >= 0.6 is 0 Å². The minimum Gasteiger partial charge on any atom is -0.351 e. The van der Waals surface area contributed by atoms with Gasteiger partial charge in [-0.05, 0) is 55.5 Å². The van der Waals surface area contributed by atoms with Crippen LogP contribution in [0.1, 0.15) is 76.5 Å². The van der Waals surface area contributed by atoms with Crippen molar-refractivity contribution in [2.45, 2.75) is 95.6 Å². The van der Waals surface area contributed by atoms with Gasteiger partial charge in [-0.15, -0.1) is 0 Å². The number of ether oxygens (including phenoxy) is 1. The second-order valence-corrected chi connectivity index (χ2v) is 11.7. The van der Waals surface area contributed by atoms with Crippen molar-refractivity contribution in [2.24, 2.45) is 0 Å². The molecule has 212 valence electrons. The predicted molar refractivity (Wildman–Crippen MR) is 147 cm³/mol. The fraction of sp³-hybridized carbons (Fsp3) is 0.567. The van der Waals surface area contributed by atoms with E-state index < -0.39 is 24.8 Å². The third-order valence-corrected chi connectivity index (χ3v) is 7.80. The maximum Gasteiger partial charge on any atom is 0.345 e. The summed E-state index contributed by atoms with van der Waals surface area (Å²) in [4.78, 5) is 35.8. The maximum atomic E-state index is 14.3. The van der Waals surface area contributed by atoms with Crippen molar-refractivity contribution in [1.82, 2.24) is 15.2 Å². The highest BCUT2D eigenvalue weighted by molar-refractivity contribution is 6.04. The summed E-state index contributed by atoms with van der Waals surface area (Å²) in [5, 5.41) is 3.20. The normalized spacial score (nSPS) is 21.6. The van der Waals surface area contributed by atoms with Gasteiger partial charge in [-0.25, -0.2) is 0 Å². The summed E-state index contributed by atoms with van der Waals surface area (Å²) in [6.07, 6.45) is 7.63. The molecule has 1 aromatic carbocycles. The van der Waals surface area contributed by atoms with E-state index in [0.29, 0.717) is 11.3 Å². The van der Waals surface area contributed by atoms with Crippen molar-refractivity contribution in [2.75, 3.05) is 18.5 Å². The van der Waals surface area contributed by atoms with Gasteiger partial charge in [0.15, 0.2) is 0 Å². The van der Waals surface area contributed by atoms with Crippen molar-refractivity contribution in [1.29, 1.82) is 0 Å². The summed E-state index contributed by atoms with van der Waals surface area (Å²) in [5.74, 6) is -0.613. The van der Waals surface area contributed by atoms with Crippen molar-refractivity contribution >= 4 is 17.5 Å². The van der Waals surface area contributed by atoms with Gasteiger partial charge in [-0.3, -0.25) is 24.4 Å². The van der Waals surface area contributed by atoms with Gasteiger partial charge >= 0.3 is 6.61 Å². The quantitative estimate of drug-likeness (QED) is 0.496. The molecule has 1 aliphatic heterocycles. The van der Waals surface area contributed by atoms with Crippen LogP contribution in [0.4, 0.5) is 14.5 Å². The Morgan fingerprint density at radius 1 is 1.10 bits per heavy atom. The number of carbonyl (C=O) groups is 2. The number of halogens is 2. The lowest BCUT2D eigenvalue weighted by Gasteiger charge is -2.36. The number of pyridine rings is 1. The molecular weight excluding hydrogens is 502 g/mol. The first-order valence-corrected chi connectivity index (χ1v) is 13.8. The molecule has 1 N–H and O–H groups in total. The SMILES string of the molecule is CN1CC(OC(F)F)CC1C(=O)N(c1ccc(C(C)(C)C)cc1)C(C(=O)NC1CCCCC1)c1cccnc1. The highest BCUT2D eigenvalue weighted by Crippen LogP contribution is 2.34. The number of aromatic nitrogens is 1. The Kier molecular flexibility index (Phi) is 9.33. The Labute approximate surface area is 229 Å². The molecule has 9 heteroatoms. The number of nitrogens with zero attached hydrogens (tertiary/aromatic N) is 3. The van der Waals surface area contributed by atoms with Crippen LogP contribution in [0.25, 0.3) is 0 Å². The second-order valence-electron chi connectivity index (χ2n) is 11.7. The number of anilines is 1. The summed E-state index contributed by atoms with van der Waals surface area (Å²) in [7, 11) is 1.72. The van der Waals surface area contributed by atoms with Crippen molar-refractivity contribution in [3.63, 3.8) is 0 Å². The summed E-state index contributed by atoms with van der Waals surface area (Å²) in [6.45, 7) is 3.61. The molecule has 2 heterocycles.